The SMILES string of the molecule is O=C(N/N=C/c1ccc(OC(=O)c2ccc3c(c2)OCO3)cc1)c1ccc2c(c1)OCO2. The predicted molar refractivity (Wildman–Crippen MR) is 112 cm³/mol. The summed E-state index contributed by atoms with van der Waals surface area (Å²) in [4.78, 5) is 24.6. The molecule has 32 heavy (non-hydrogen) atoms. The number of amides is 1. The largest absolute Gasteiger partial charge is 0.454 e. The zero-order valence-corrected chi connectivity index (χ0v) is 16.6. The fourth-order valence-electron chi connectivity index (χ4n) is 3.08. The number of nitrogens with one attached hydrogen (secondary N) is 1. The lowest BCUT2D eigenvalue weighted by molar-refractivity contribution is 0.0734. The van der Waals surface area contributed by atoms with Crippen molar-refractivity contribution < 1.29 is 33.3 Å². The second-order valence-electron chi connectivity index (χ2n) is 6.79. The van der Waals surface area contributed by atoms with Crippen LogP contribution in [0.25, 0.3) is 0 Å². The Labute approximate surface area is 182 Å². The van der Waals surface area contributed by atoms with E-state index in [2.05, 4.69) is 10.5 Å². The maximum atomic E-state index is 12.3. The summed E-state index contributed by atoms with van der Waals surface area (Å²) in [6.45, 7) is 0.272. The van der Waals surface area contributed by atoms with Gasteiger partial charge in [-0.15, -0.1) is 0 Å². The smallest absolute Gasteiger partial charge is 0.343 e. The minimum absolute atomic E-state index is 0.133. The number of hydrogen-bond acceptors (Lipinski definition) is 8. The average Bonchev–Trinajstić information content (AvgIpc) is 3.48. The lowest BCUT2D eigenvalue weighted by Gasteiger charge is -2.05. The molecule has 9 nitrogen and oxygen atoms in total. The van der Waals surface area contributed by atoms with Crippen LogP contribution < -0.4 is 29.1 Å². The van der Waals surface area contributed by atoms with Gasteiger partial charge in [0.1, 0.15) is 5.75 Å². The summed E-state index contributed by atoms with van der Waals surface area (Å²) in [5, 5.41) is 3.95. The summed E-state index contributed by atoms with van der Waals surface area (Å²) in [5.41, 5.74) is 3.91. The standard InChI is InChI=1S/C23H16N2O7/c26-22(15-3-7-18-20(9-15)30-12-28-18)25-24-11-14-1-5-17(6-2-14)32-23(27)16-4-8-19-21(10-16)31-13-29-19/h1-11H,12-13H2,(H,25,26)/b24-11+. The van der Waals surface area contributed by atoms with E-state index in [0.717, 1.165) is 0 Å². The molecule has 0 bridgehead atoms. The first kappa shape index (κ1) is 19.4. The summed E-state index contributed by atoms with van der Waals surface area (Å²) in [7, 11) is 0. The molecular weight excluding hydrogens is 416 g/mol. The van der Waals surface area contributed by atoms with E-state index in [-0.39, 0.29) is 19.5 Å². The maximum absolute atomic E-state index is 12.3. The van der Waals surface area contributed by atoms with E-state index in [1.807, 2.05) is 0 Å². The van der Waals surface area contributed by atoms with Crippen LogP contribution in [0.15, 0.2) is 65.8 Å². The van der Waals surface area contributed by atoms with Crippen LogP contribution in [-0.4, -0.2) is 31.7 Å². The van der Waals surface area contributed by atoms with Gasteiger partial charge in [0.2, 0.25) is 13.6 Å². The van der Waals surface area contributed by atoms with Crippen molar-refractivity contribution in [2.45, 2.75) is 0 Å². The van der Waals surface area contributed by atoms with Crippen LogP contribution in [-0.2, 0) is 0 Å². The van der Waals surface area contributed by atoms with Gasteiger partial charge in [-0.1, -0.05) is 0 Å². The number of carbonyl (C=O) groups excluding carboxylic acids is 2. The molecule has 160 valence electrons. The number of ether oxygens (including phenoxy) is 5. The fraction of sp³-hybridized carbons (Fsp3) is 0.0870. The van der Waals surface area contributed by atoms with Crippen molar-refractivity contribution in [3.05, 3.63) is 77.4 Å². The number of hydrogen-bond donors (Lipinski definition) is 1. The summed E-state index contributed by atoms with van der Waals surface area (Å²) >= 11 is 0. The van der Waals surface area contributed by atoms with Crippen molar-refractivity contribution in [1.82, 2.24) is 5.43 Å². The van der Waals surface area contributed by atoms with E-state index in [4.69, 9.17) is 23.7 Å². The van der Waals surface area contributed by atoms with Gasteiger partial charge in [0, 0.05) is 5.56 Å². The highest BCUT2D eigenvalue weighted by atomic mass is 16.7. The third kappa shape index (κ3) is 4.04. The highest BCUT2D eigenvalue weighted by Crippen LogP contribution is 2.33. The molecule has 0 spiro atoms. The number of esters is 1. The first-order valence-corrected chi connectivity index (χ1v) is 9.61. The number of hydrazone groups is 1. The second kappa shape index (κ2) is 8.31. The van der Waals surface area contributed by atoms with E-state index in [0.29, 0.717) is 45.4 Å². The average molecular weight is 432 g/mol. The lowest BCUT2D eigenvalue weighted by Crippen LogP contribution is -2.17. The van der Waals surface area contributed by atoms with Gasteiger partial charge in [0.15, 0.2) is 23.0 Å². The first-order chi connectivity index (χ1) is 15.7. The van der Waals surface area contributed by atoms with Crippen molar-refractivity contribution in [2.24, 2.45) is 5.10 Å². The highest BCUT2D eigenvalue weighted by Gasteiger charge is 2.18. The Hall–Kier alpha value is -4.53. The third-order valence-electron chi connectivity index (χ3n) is 4.71. The molecule has 0 radical (unpaired) electrons. The summed E-state index contributed by atoms with van der Waals surface area (Å²) in [6, 6.07) is 16.4. The van der Waals surface area contributed by atoms with Gasteiger partial charge in [0.05, 0.1) is 11.8 Å². The van der Waals surface area contributed by atoms with Crippen molar-refractivity contribution in [3.8, 4) is 28.7 Å². The normalized spacial score (nSPS) is 13.2. The fourth-order valence-corrected chi connectivity index (χ4v) is 3.08. The monoisotopic (exact) mass is 432 g/mol. The van der Waals surface area contributed by atoms with Crippen molar-refractivity contribution in [1.29, 1.82) is 0 Å². The van der Waals surface area contributed by atoms with Crippen molar-refractivity contribution in [3.63, 3.8) is 0 Å². The molecule has 0 atom stereocenters. The van der Waals surface area contributed by atoms with E-state index in [9.17, 15) is 9.59 Å². The second-order valence-corrected chi connectivity index (χ2v) is 6.79. The van der Waals surface area contributed by atoms with Gasteiger partial charge in [0.25, 0.3) is 5.91 Å². The Bertz CT molecular complexity index is 1220. The quantitative estimate of drug-likeness (QED) is 0.286. The molecule has 9 heteroatoms. The molecule has 3 aromatic rings. The Balaban J connectivity index is 1.17. The van der Waals surface area contributed by atoms with Gasteiger partial charge < -0.3 is 23.7 Å². The molecule has 2 aliphatic heterocycles. The Kier molecular flexibility index (Phi) is 5.04. The van der Waals surface area contributed by atoms with Gasteiger partial charge in [-0.3, -0.25) is 4.79 Å². The number of rotatable bonds is 5. The van der Waals surface area contributed by atoms with Gasteiger partial charge in [-0.05, 0) is 66.2 Å². The molecular formula is C23H16N2O7. The Morgan fingerprint density at radius 3 is 2.06 bits per heavy atom. The number of nitrogens with zero attached hydrogens (tertiary/aromatic N) is 1. The first-order valence-electron chi connectivity index (χ1n) is 9.61. The zero-order chi connectivity index (χ0) is 21.9. The van der Waals surface area contributed by atoms with Gasteiger partial charge >= 0.3 is 5.97 Å². The molecule has 0 saturated heterocycles. The van der Waals surface area contributed by atoms with Crippen molar-refractivity contribution >= 4 is 18.1 Å². The minimum atomic E-state index is -0.513. The molecule has 1 N–H and O–H groups in total. The molecule has 0 aliphatic carbocycles. The summed E-state index contributed by atoms with van der Waals surface area (Å²) in [5.74, 6) is 1.70. The summed E-state index contributed by atoms with van der Waals surface area (Å²) < 4.78 is 26.4. The van der Waals surface area contributed by atoms with Crippen LogP contribution in [0.4, 0.5) is 0 Å². The molecule has 0 saturated carbocycles. The molecule has 2 heterocycles. The van der Waals surface area contributed by atoms with E-state index in [1.165, 1.54) is 6.21 Å². The number of benzene rings is 3. The Morgan fingerprint density at radius 2 is 1.38 bits per heavy atom. The van der Waals surface area contributed by atoms with Gasteiger partial charge in [-0.2, -0.15) is 5.10 Å². The molecule has 1 amide bonds. The van der Waals surface area contributed by atoms with Crippen LogP contribution in [0, 0.1) is 0 Å². The maximum Gasteiger partial charge on any atom is 0.343 e. The minimum Gasteiger partial charge on any atom is -0.454 e. The van der Waals surface area contributed by atoms with Crippen LogP contribution in [0.2, 0.25) is 0 Å². The third-order valence-corrected chi connectivity index (χ3v) is 4.71. The lowest BCUT2D eigenvalue weighted by atomic mass is 10.2. The van der Waals surface area contributed by atoms with Gasteiger partial charge in [-0.25, -0.2) is 10.2 Å². The molecule has 0 fully saturated rings. The molecule has 2 aliphatic rings. The van der Waals surface area contributed by atoms with Crippen LogP contribution in [0.5, 0.6) is 28.7 Å². The van der Waals surface area contributed by atoms with Crippen LogP contribution in [0.3, 0.4) is 0 Å². The highest BCUT2D eigenvalue weighted by molar-refractivity contribution is 5.95. The van der Waals surface area contributed by atoms with E-state index < -0.39 is 5.97 Å². The predicted octanol–water partition coefficient (Wildman–Crippen LogP) is 3.13. The topological polar surface area (TPSA) is 105 Å². The zero-order valence-electron chi connectivity index (χ0n) is 16.6. The Morgan fingerprint density at radius 1 is 0.781 bits per heavy atom. The molecule has 0 aromatic heterocycles. The van der Waals surface area contributed by atoms with Crippen LogP contribution in [0.1, 0.15) is 26.3 Å². The van der Waals surface area contributed by atoms with Crippen molar-refractivity contribution in [2.75, 3.05) is 13.6 Å². The summed E-state index contributed by atoms with van der Waals surface area (Å²) in [6.07, 6.45) is 1.48. The number of carbonyl (C=O) groups is 2. The molecule has 3 aromatic carbocycles. The molecule has 0 unspecified atom stereocenters. The van der Waals surface area contributed by atoms with Crippen LogP contribution >= 0.6 is 0 Å². The molecule has 5 rings (SSSR count). The number of fused-ring (bicyclic) bond motifs is 2. The van der Waals surface area contributed by atoms with E-state index >= 15 is 0 Å². The van der Waals surface area contributed by atoms with E-state index in [1.54, 1.807) is 60.7 Å².